The number of benzene rings is 1. The molecule has 0 saturated carbocycles. The smallest absolute Gasteiger partial charge is 0.222 e. The number of aryl methyl sites for hydroxylation is 1. The van der Waals surface area contributed by atoms with Crippen molar-refractivity contribution in [1.82, 2.24) is 19.4 Å². The lowest BCUT2D eigenvalue weighted by Gasteiger charge is -2.35. The number of carbonyl (C=O) groups excluding carboxylic acids is 1. The van der Waals surface area contributed by atoms with E-state index in [0.29, 0.717) is 51.6 Å². The number of nitrogens with one attached hydrogen (secondary N) is 1. The molecule has 2 heterocycles. The molecule has 0 radical (unpaired) electrons. The second-order valence-electron chi connectivity index (χ2n) is 9.07. The summed E-state index contributed by atoms with van der Waals surface area (Å²) in [5, 5.41) is 3.19. The van der Waals surface area contributed by atoms with Crippen LogP contribution in [0, 0.1) is 0 Å². The van der Waals surface area contributed by atoms with Crippen molar-refractivity contribution in [3.8, 4) is 5.75 Å². The molecule has 2 aliphatic heterocycles. The van der Waals surface area contributed by atoms with Gasteiger partial charge in [0.05, 0.1) is 12.9 Å². The molecule has 0 unspecified atom stereocenters. The highest BCUT2D eigenvalue weighted by molar-refractivity contribution is 7.89. The predicted octanol–water partition coefficient (Wildman–Crippen LogP) is 1.57. The van der Waals surface area contributed by atoms with E-state index in [4.69, 9.17) is 4.74 Å². The molecular formula is C24H40N4O4S. The van der Waals surface area contributed by atoms with Crippen molar-refractivity contribution < 1.29 is 17.9 Å². The summed E-state index contributed by atoms with van der Waals surface area (Å²) in [4.78, 5) is 17.3. The number of hydrogen-bond donors (Lipinski definition) is 1. The summed E-state index contributed by atoms with van der Waals surface area (Å²) in [6.45, 7) is 7.26. The van der Waals surface area contributed by atoms with Crippen LogP contribution in [0.15, 0.2) is 24.3 Å². The summed E-state index contributed by atoms with van der Waals surface area (Å²) in [5.74, 6) is 0.795. The molecule has 1 atom stereocenters. The molecule has 0 aromatic heterocycles. The highest BCUT2D eigenvalue weighted by Crippen LogP contribution is 2.17. The number of carbonyl (C=O) groups is 1. The fourth-order valence-electron chi connectivity index (χ4n) is 4.58. The lowest BCUT2D eigenvalue weighted by Crippen LogP contribution is -2.49. The van der Waals surface area contributed by atoms with Gasteiger partial charge in [0.15, 0.2) is 0 Å². The van der Waals surface area contributed by atoms with Gasteiger partial charge in [-0.3, -0.25) is 9.69 Å². The van der Waals surface area contributed by atoms with E-state index in [-0.39, 0.29) is 18.2 Å². The third kappa shape index (κ3) is 7.95. The number of hydrogen-bond acceptors (Lipinski definition) is 6. The van der Waals surface area contributed by atoms with Crippen LogP contribution >= 0.6 is 0 Å². The zero-order valence-corrected chi connectivity index (χ0v) is 21.0. The number of amides is 1. The average Bonchev–Trinajstić information content (AvgIpc) is 2.84. The van der Waals surface area contributed by atoms with Crippen LogP contribution in [0.5, 0.6) is 5.75 Å². The summed E-state index contributed by atoms with van der Waals surface area (Å²) in [6, 6.07) is 8.26. The number of rotatable bonds is 11. The largest absolute Gasteiger partial charge is 0.497 e. The van der Waals surface area contributed by atoms with Crippen molar-refractivity contribution >= 4 is 15.9 Å². The molecule has 9 heteroatoms. The Kier molecular flexibility index (Phi) is 9.97. The van der Waals surface area contributed by atoms with E-state index < -0.39 is 10.0 Å². The molecule has 8 nitrogen and oxygen atoms in total. The zero-order chi connectivity index (χ0) is 23.7. The van der Waals surface area contributed by atoms with Crippen molar-refractivity contribution in [2.45, 2.75) is 45.1 Å². The Morgan fingerprint density at radius 2 is 1.85 bits per heavy atom. The van der Waals surface area contributed by atoms with Crippen LogP contribution in [0.3, 0.4) is 0 Å². The number of sulfonamides is 1. The lowest BCUT2D eigenvalue weighted by molar-refractivity contribution is -0.131. The van der Waals surface area contributed by atoms with Crippen molar-refractivity contribution in [3.05, 3.63) is 29.8 Å². The molecule has 2 fully saturated rings. The Morgan fingerprint density at radius 1 is 1.12 bits per heavy atom. The molecule has 1 aromatic carbocycles. The number of nitrogens with zero attached hydrogens (tertiary/aromatic N) is 3. The maximum Gasteiger partial charge on any atom is 0.222 e. The first-order valence-electron chi connectivity index (χ1n) is 12.2. The normalized spacial score (nSPS) is 20.5. The van der Waals surface area contributed by atoms with Crippen LogP contribution in [0.4, 0.5) is 0 Å². The Hall–Kier alpha value is -1.68. The van der Waals surface area contributed by atoms with Crippen LogP contribution in [-0.2, 0) is 21.2 Å². The summed E-state index contributed by atoms with van der Waals surface area (Å²) >= 11 is 0. The van der Waals surface area contributed by atoms with E-state index in [1.54, 1.807) is 16.3 Å². The molecule has 1 amide bonds. The summed E-state index contributed by atoms with van der Waals surface area (Å²) < 4.78 is 32.4. The van der Waals surface area contributed by atoms with Crippen LogP contribution in [0.2, 0.25) is 0 Å². The first-order valence-corrected chi connectivity index (χ1v) is 13.8. The van der Waals surface area contributed by atoms with Gasteiger partial charge in [-0.25, -0.2) is 8.42 Å². The number of methoxy groups -OCH3 is 1. The minimum absolute atomic E-state index is 0.0170. The Bertz CT molecular complexity index is 841. The molecule has 2 aliphatic rings. The quantitative estimate of drug-likeness (QED) is 0.518. The third-order valence-corrected chi connectivity index (χ3v) is 8.68. The van der Waals surface area contributed by atoms with Gasteiger partial charge < -0.3 is 15.0 Å². The van der Waals surface area contributed by atoms with Crippen molar-refractivity contribution in [3.63, 3.8) is 0 Å². The molecule has 2 saturated heterocycles. The molecule has 0 bridgehead atoms. The van der Waals surface area contributed by atoms with Gasteiger partial charge in [0.2, 0.25) is 15.9 Å². The van der Waals surface area contributed by atoms with E-state index in [0.717, 1.165) is 24.4 Å². The Morgan fingerprint density at radius 3 is 2.52 bits per heavy atom. The van der Waals surface area contributed by atoms with Gasteiger partial charge in [0, 0.05) is 58.3 Å². The fourth-order valence-corrected chi connectivity index (χ4v) is 6.03. The SMILES string of the molecule is COc1ccc(CCC(=O)N(CCN2CCCC[C@@H]2C)CCS(=O)(=O)N2CCNCC2)cc1. The van der Waals surface area contributed by atoms with E-state index in [1.807, 2.05) is 24.3 Å². The topological polar surface area (TPSA) is 82.2 Å². The summed E-state index contributed by atoms with van der Waals surface area (Å²) in [7, 11) is -1.74. The predicted molar refractivity (Wildman–Crippen MR) is 131 cm³/mol. The van der Waals surface area contributed by atoms with Crippen molar-refractivity contribution in [2.24, 2.45) is 0 Å². The van der Waals surface area contributed by atoms with Crippen LogP contribution in [0.25, 0.3) is 0 Å². The molecule has 186 valence electrons. The molecule has 0 spiro atoms. The highest BCUT2D eigenvalue weighted by Gasteiger charge is 2.26. The second-order valence-corrected chi connectivity index (χ2v) is 11.2. The van der Waals surface area contributed by atoms with Crippen LogP contribution in [-0.4, -0.2) is 99.7 Å². The maximum absolute atomic E-state index is 13.2. The van der Waals surface area contributed by atoms with Gasteiger partial charge in [0.25, 0.3) is 0 Å². The van der Waals surface area contributed by atoms with E-state index >= 15 is 0 Å². The molecule has 33 heavy (non-hydrogen) atoms. The molecular weight excluding hydrogens is 440 g/mol. The minimum atomic E-state index is -3.37. The number of piperazine rings is 1. The molecule has 3 rings (SSSR count). The van der Waals surface area contributed by atoms with Gasteiger partial charge in [-0.15, -0.1) is 0 Å². The van der Waals surface area contributed by atoms with E-state index in [1.165, 1.54) is 19.3 Å². The number of ether oxygens (including phenoxy) is 1. The lowest BCUT2D eigenvalue weighted by atomic mass is 10.0. The second kappa shape index (κ2) is 12.7. The Labute approximate surface area is 199 Å². The van der Waals surface area contributed by atoms with Crippen LogP contribution in [0.1, 0.15) is 38.2 Å². The number of likely N-dealkylation sites (tertiary alicyclic amines) is 1. The third-order valence-electron chi connectivity index (χ3n) is 6.83. The molecule has 1 N–H and O–H groups in total. The van der Waals surface area contributed by atoms with E-state index in [2.05, 4.69) is 17.1 Å². The van der Waals surface area contributed by atoms with Crippen LogP contribution < -0.4 is 10.1 Å². The van der Waals surface area contributed by atoms with Gasteiger partial charge in [-0.05, 0) is 50.4 Å². The molecule has 0 aliphatic carbocycles. The van der Waals surface area contributed by atoms with Gasteiger partial charge in [-0.2, -0.15) is 4.31 Å². The number of piperidine rings is 1. The zero-order valence-electron chi connectivity index (χ0n) is 20.2. The standard InChI is InChI=1S/C24H40N4O4S/c1-21-5-3-4-14-26(21)17-18-27(19-20-33(30,31)28-15-12-25-13-16-28)24(29)11-8-22-6-9-23(32-2)10-7-22/h6-7,9-10,21,25H,3-5,8,11-20H2,1-2H3/t21-/m0/s1. The first kappa shape index (κ1) is 25.9. The summed E-state index contributed by atoms with van der Waals surface area (Å²) in [6.07, 6.45) is 4.63. The highest BCUT2D eigenvalue weighted by atomic mass is 32.2. The first-order chi connectivity index (χ1) is 15.9. The summed E-state index contributed by atoms with van der Waals surface area (Å²) in [5.41, 5.74) is 1.07. The molecule has 1 aromatic rings. The van der Waals surface area contributed by atoms with Gasteiger partial charge in [-0.1, -0.05) is 18.6 Å². The maximum atomic E-state index is 13.2. The van der Waals surface area contributed by atoms with Crippen molar-refractivity contribution in [1.29, 1.82) is 0 Å². The fraction of sp³-hybridized carbons (Fsp3) is 0.708. The van der Waals surface area contributed by atoms with Crippen molar-refractivity contribution in [2.75, 3.05) is 65.2 Å². The minimum Gasteiger partial charge on any atom is -0.497 e. The Balaban J connectivity index is 1.59. The monoisotopic (exact) mass is 480 g/mol. The average molecular weight is 481 g/mol. The van der Waals surface area contributed by atoms with Gasteiger partial charge in [0.1, 0.15) is 5.75 Å². The van der Waals surface area contributed by atoms with E-state index in [9.17, 15) is 13.2 Å². The van der Waals surface area contributed by atoms with Gasteiger partial charge >= 0.3 is 0 Å².